The maximum atomic E-state index is 5.78. The topological polar surface area (TPSA) is 31.4 Å². The Morgan fingerprint density at radius 3 is 2.81 bits per heavy atom. The van der Waals surface area contributed by atoms with E-state index in [2.05, 4.69) is 0 Å². The average Bonchev–Trinajstić information content (AvgIpc) is 2.92. The molecule has 4 rings (SSSR count). The molecule has 0 unspecified atom stereocenters. The lowest BCUT2D eigenvalue weighted by molar-refractivity contribution is -0.163. The van der Waals surface area contributed by atoms with Gasteiger partial charge in [0.1, 0.15) is 0 Å². The van der Waals surface area contributed by atoms with Gasteiger partial charge in [-0.2, -0.15) is 0 Å². The van der Waals surface area contributed by atoms with Gasteiger partial charge in [-0.15, -0.1) is 11.3 Å². The molecule has 1 saturated heterocycles. The van der Waals surface area contributed by atoms with Crippen molar-refractivity contribution < 1.29 is 9.47 Å². The van der Waals surface area contributed by atoms with E-state index in [1.165, 1.54) is 28.4 Å². The minimum absolute atomic E-state index is 0.291. The molecule has 3 nitrogen and oxygen atoms in total. The van der Waals surface area contributed by atoms with Gasteiger partial charge in [0, 0.05) is 23.6 Å². The average molecular weight is 237 g/mol. The number of nitrogens with zero attached hydrogens (tertiary/aromatic N) is 1. The summed E-state index contributed by atoms with van der Waals surface area (Å²) in [6.07, 6.45) is 5.61. The molecule has 2 heterocycles. The zero-order chi connectivity index (χ0) is 10.6. The normalized spacial score (nSPS) is 27.2. The first kappa shape index (κ1) is 9.57. The Balaban J connectivity index is 1.65. The van der Waals surface area contributed by atoms with Crippen LogP contribution in [0.1, 0.15) is 40.8 Å². The zero-order valence-corrected chi connectivity index (χ0v) is 10.0. The molecule has 1 aromatic heterocycles. The van der Waals surface area contributed by atoms with E-state index in [0.29, 0.717) is 0 Å². The standard InChI is InChI=1S/C12H15NO2S/c1-2-8(1)11-13-9-3-4-12(7-10(9)16-11)14-5-6-15-12/h8H,1-7H2. The van der Waals surface area contributed by atoms with Gasteiger partial charge in [0.05, 0.1) is 23.9 Å². The number of rotatable bonds is 1. The van der Waals surface area contributed by atoms with Crippen LogP contribution in [-0.4, -0.2) is 24.0 Å². The number of aromatic nitrogens is 1. The van der Waals surface area contributed by atoms with E-state index < -0.39 is 0 Å². The van der Waals surface area contributed by atoms with Crippen LogP contribution in [0, 0.1) is 0 Å². The number of fused-ring (bicyclic) bond motifs is 1. The molecule has 86 valence electrons. The SMILES string of the molecule is C1COC2(CCc3nc(C4CC4)sc3C2)O1. The van der Waals surface area contributed by atoms with E-state index in [4.69, 9.17) is 14.5 Å². The van der Waals surface area contributed by atoms with Crippen LogP contribution in [0.15, 0.2) is 0 Å². The summed E-state index contributed by atoms with van der Waals surface area (Å²) in [5.74, 6) is 0.484. The number of ether oxygens (including phenoxy) is 2. The fourth-order valence-corrected chi connectivity index (χ4v) is 4.00. The Kier molecular flexibility index (Phi) is 1.96. The molecule has 2 fully saturated rings. The summed E-state index contributed by atoms with van der Waals surface area (Å²) in [6.45, 7) is 1.51. The van der Waals surface area contributed by atoms with Crippen molar-refractivity contribution in [2.45, 2.75) is 43.8 Å². The van der Waals surface area contributed by atoms with E-state index in [1.807, 2.05) is 11.3 Å². The van der Waals surface area contributed by atoms with Crippen molar-refractivity contribution in [3.05, 3.63) is 15.6 Å². The highest BCUT2D eigenvalue weighted by Gasteiger charge is 2.42. The van der Waals surface area contributed by atoms with E-state index in [1.54, 1.807) is 0 Å². The van der Waals surface area contributed by atoms with Gasteiger partial charge in [-0.25, -0.2) is 4.98 Å². The van der Waals surface area contributed by atoms with Gasteiger partial charge in [0.2, 0.25) is 0 Å². The molecule has 16 heavy (non-hydrogen) atoms. The molecule has 0 bridgehead atoms. The predicted molar refractivity (Wildman–Crippen MR) is 60.7 cm³/mol. The van der Waals surface area contributed by atoms with Crippen molar-refractivity contribution >= 4 is 11.3 Å². The lowest BCUT2D eigenvalue weighted by Gasteiger charge is -2.30. The van der Waals surface area contributed by atoms with E-state index in [9.17, 15) is 0 Å². The van der Waals surface area contributed by atoms with Crippen molar-refractivity contribution in [3.8, 4) is 0 Å². The lowest BCUT2D eigenvalue weighted by Crippen LogP contribution is -2.36. The van der Waals surface area contributed by atoms with Crippen LogP contribution in [0.3, 0.4) is 0 Å². The van der Waals surface area contributed by atoms with Gasteiger partial charge in [-0.1, -0.05) is 0 Å². The molecule has 0 aromatic carbocycles. The van der Waals surface area contributed by atoms with Crippen molar-refractivity contribution in [1.29, 1.82) is 0 Å². The van der Waals surface area contributed by atoms with Crippen molar-refractivity contribution in [2.24, 2.45) is 0 Å². The second kappa shape index (κ2) is 3.28. The maximum Gasteiger partial charge on any atom is 0.173 e. The predicted octanol–water partition coefficient (Wildman–Crippen LogP) is 2.25. The minimum Gasteiger partial charge on any atom is -0.347 e. The summed E-state index contributed by atoms with van der Waals surface area (Å²) in [5, 5.41) is 1.36. The Labute approximate surface area is 98.8 Å². The molecule has 0 radical (unpaired) electrons. The van der Waals surface area contributed by atoms with Crippen LogP contribution in [0.4, 0.5) is 0 Å². The smallest absolute Gasteiger partial charge is 0.173 e. The molecular formula is C12H15NO2S. The van der Waals surface area contributed by atoms with Gasteiger partial charge in [0.15, 0.2) is 5.79 Å². The third-order valence-electron chi connectivity index (χ3n) is 3.71. The number of hydrogen-bond donors (Lipinski definition) is 0. The van der Waals surface area contributed by atoms with Crippen LogP contribution in [-0.2, 0) is 22.3 Å². The molecule has 3 aliphatic rings. The first-order chi connectivity index (χ1) is 7.85. The van der Waals surface area contributed by atoms with Gasteiger partial charge in [0.25, 0.3) is 0 Å². The van der Waals surface area contributed by atoms with Gasteiger partial charge >= 0.3 is 0 Å². The van der Waals surface area contributed by atoms with Crippen LogP contribution >= 0.6 is 11.3 Å². The molecule has 1 aliphatic heterocycles. The Morgan fingerprint density at radius 2 is 2.06 bits per heavy atom. The van der Waals surface area contributed by atoms with Crippen molar-refractivity contribution in [3.63, 3.8) is 0 Å². The highest BCUT2D eigenvalue weighted by Crippen LogP contribution is 2.45. The molecule has 2 aliphatic carbocycles. The van der Waals surface area contributed by atoms with Crippen LogP contribution in [0.2, 0.25) is 0 Å². The highest BCUT2D eigenvalue weighted by molar-refractivity contribution is 7.11. The largest absolute Gasteiger partial charge is 0.347 e. The molecule has 0 amide bonds. The summed E-state index contributed by atoms with van der Waals surface area (Å²) < 4.78 is 11.6. The van der Waals surface area contributed by atoms with Crippen molar-refractivity contribution in [2.75, 3.05) is 13.2 Å². The van der Waals surface area contributed by atoms with Crippen LogP contribution in [0.5, 0.6) is 0 Å². The quantitative estimate of drug-likeness (QED) is 0.750. The van der Waals surface area contributed by atoms with Gasteiger partial charge in [-0.05, 0) is 19.3 Å². The van der Waals surface area contributed by atoms with Gasteiger partial charge in [-0.3, -0.25) is 0 Å². The van der Waals surface area contributed by atoms with Gasteiger partial charge < -0.3 is 9.47 Å². The summed E-state index contributed by atoms with van der Waals surface area (Å²) >= 11 is 1.90. The molecule has 1 spiro atoms. The number of hydrogen-bond acceptors (Lipinski definition) is 4. The first-order valence-corrected chi connectivity index (χ1v) is 6.93. The third-order valence-corrected chi connectivity index (χ3v) is 4.97. The Morgan fingerprint density at radius 1 is 1.25 bits per heavy atom. The van der Waals surface area contributed by atoms with E-state index >= 15 is 0 Å². The first-order valence-electron chi connectivity index (χ1n) is 6.11. The van der Waals surface area contributed by atoms with E-state index in [0.717, 1.165) is 38.4 Å². The summed E-state index contributed by atoms with van der Waals surface area (Å²) in [6, 6.07) is 0. The molecule has 1 saturated carbocycles. The molecular weight excluding hydrogens is 222 g/mol. The Hall–Kier alpha value is -0.450. The molecule has 0 atom stereocenters. The van der Waals surface area contributed by atoms with Crippen LogP contribution in [0.25, 0.3) is 0 Å². The Bertz CT molecular complexity index is 419. The minimum atomic E-state index is -0.291. The monoisotopic (exact) mass is 237 g/mol. The van der Waals surface area contributed by atoms with E-state index in [-0.39, 0.29) is 5.79 Å². The van der Waals surface area contributed by atoms with Crippen molar-refractivity contribution in [1.82, 2.24) is 4.98 Å². The fraction of sp³-hybridized carbons (Fsp3) is 0.750. The summed E-state index contributed by atoms with van der Waals surface area (Å²) in [4.78, 5) is 6.19. The summed E-state index contributed by atoms with van der Waals surface area (Å²) in [7, 11) is 0. The fourth-order valence-electron chi connectivity index (χ4n) is 2.63. The molecule has 0 N–H and O–H groups in total. The zero-order valence-electron chi connectivity index (χ0n) is 9.20. The lowest BCUT2D eigenvalue weighted by atomic mass is 9.96. The number of thiazole rings is 1. The number of aryl methyl sites for hydroxylation is 1. The molecule has 1 aromatic rings. The second-order valence-electron chi connectivity index (χ2n) is 4.98. The second-order valence-corrected chi connectivity index (χ2v) is 6.10. The summed E-state index contributed by atoms with van der Waals surface area (Å²) in [5.41, 5.74) is 1.32. The maximum absolute atomic E-state index is 5.78. The highest BCUT2D eigenvalue weighted by atomic mass is 32.1. The third kappa shape index (κ3) is 1.44. The van der Waals surface area contributed by atoms with Crippen LogP contribution < -0.4 is 0 Å². The molecule has 4 heteroatoms.